The minimum atomic E-state index is -4.36. The molecule has 0 aliphatic heterocycles. The summed E-state index contributed by atoms with van der Waals surface area (Å²) in [7, 11) is 1.60. The average molecular weight is 392 g/mol. The van der Waals surface area contributed by atoms with Crippen molar-refractivity contribution in [2.24, 2.45) is 4.99 Å². The highest BCUT2D eigenvalue weighted by Gasteiger charge is 2.30. The van der Waals surface area contributed by atoms with E-state index in [1.165, 1.54) is 13.0 Å². The maximum Gasteiger partial charge on any atom is 0.416 e. The predicted molar refractivity (Wildman–Crippen MR) is 104 cm³/mol. The molecule has 5 nitrogen and oxygen atoms in total. The van der Waals surface area contributed by atoms with Crippen LogP contribution in [-0.2, 0) is 23.9 Å². The molecule has 0 unspecified atom stereocenters. The van der Waals surface area contributed by atoms with Gasteiger partial charge in [0, 0.05) is 32.7 Å². The highest BCUT2D eigenvalue weighted by atomic mass is 19.4. The van der Waals surface area contributed by atoms with Crippen molar-refractivity contribution in [1.29, 1.82) is 0 Å². The van der Waals surface area contributed by atoms with Crippen LogP contribution in [0.5, 0.6) is 0 Å². The minimum Gasteiger partial charge on any atom is -0.356 e. The van der Waals surface area contributed by atoms with Crippen molar-refractivity contribution in [3.8, 4) is 0 Å². The molecule has 0 saturated carbocycles. The molecule has 0 fully saturated rings. The molecule has 0 aromatic heterocycles. The summed E-state index contributed by atoms with van der Waals surface area (Å²) in [5, 5.41) is 8.84. The highest BCUT2D eigenvalue weighted by molar-refractivity contribution is 5.88. The topological polar surface area (TPSA) is 65.5 Å². The first-order chi connectivity index (χ1) is 13.3. The third-order valence-corrected chi connectivity index (χ3v) is 3.92. The first-order valence-electron chi connectivity index (χ1n) is 8.75. The quantitative estimate of drug-likeness (QED) is 0.520. The maximum absolute atomic E-state index is 12.8. The Morgan fingerprint density at radius 1 is 1.04 bits per heavy atom. The van der Waals surface area contributed by atoms with Gasteiger partial charge in [0.15, 0.2) is 5.96 Å². The molecule has 0 aliphatic carbocycles. The lowest BCUT2D eigenvalue weighted by molar-refractivity contribution is -0.137. The number of guanidine groups is 1. The molecule has 0 bridgehead atoms. The van der Waals surface area contributed by atoms with E-state index >= 15 is 0 Å². The van der Waals surface area contributed by atoms with Gasteiger partial charge in [-0.3, -0.25) is 9.79 Å². The Hall–Kier alpha value is -3.03. The van der Waals surface area contributed by atoms with Gasteiger partial charge >= 0.3 is 6.18 Å². The van der Waals surface area contributed by atoms with E-state index in [0.717, 1.165) is 29.8 Å². The molecule has 0 saturated heterocycles. The summed E-state index contributed by atoms with van der Waals surface area (Å²) < 4.78 is 38.3. The fraction of sp³-hybridized carbons (Fsp3) is 0.300. The first kappa shape index (κ1) is 21.3. The molecule has 2 aromatic carbocycles. The number of carbonyl (C=O) groups excluding carboxylic acids is 1. The van der Waals surface area contributed by atoms with Gasteiger partial charge in [0.25, 0.3) is 0 Å². The first-order valence-corrected chi connectivity index (χ1v) is 8.75. The van der Waals surface area contributed by atoms with E-state index in [9.17, 15) is 18.0 Å². The number of benzene rings is 2. The van der Waals surface area contributed by atoms with Gasteiger partial charge in [-0.2, -0.15) is 13.2 Å². The summed E-state index contributed by atoms with van der Waals surface area (Å²) in [6.07, 6.45) is -3.63. The van der Waals surface area contributed by atoms with Crippen molar-refractivity contribution >= 4 is 17.6 Å². The number of rotatable bonds is 6. The number of hydrogen-bond donors (Lipinski definition) is 3. The highest BCUT2D eigenvalue weighted by Crippen LogP contribution is 2.29. The zero-order valence-corrected chi connectivity index (χ0v) is 15.7. The SMILES string of the molecule is CN=C(NCCc1ccc(NC(C)=O)cc1)NCc1cccc(C(F)(F)F)c1. The van der Waals surface area contributed by atoms with Gasteiger partial charge in [-0.05, 0) is 41.8 Å². The molecule has 0 heterocycles. The predicted octanol–water partition coefficient (Wildman–Crippen LogP) is 3.57. The monoisotopic (exact) mass is 392 g/mol. The van der Waals surface area contributed by atoms with Crippen LogP contribution in [0, 0.1) is 0 Å². The molecule has 0 radical (unpaired) electrons. The van der Waals surface area contributed by atoms with Crippen LogP contribution in [-0.4, -0.2) is 25.5 Å². The fourth-order valence-corrected chi connectivity index (χ4v) is 2.55. The Morgan fingerprint density at radius 2 is 1.75 bits per heavy atom. The van der Waals surface area contributed by atoms with E-state index in [2.05, 4.69) is 20.9 Å². The number of amides is 1. The smallest absolute Gasteiger partial charge is 0.356 e. The number of nitrogens with zero attached hydrogens (tertiary/aromatic N) is 1. The average Bonchev–Trinajstić information content (AvgIpc) is 2.65. The third-order valence-electron chi connectivity index (χ3n) is 3.92. The second-order valence-corrected chi connectivity index (χ2v) is 6.18. The van der Waals surface area contributed by atoms with E-state index in [4.69, 9.17) is 0 Å². The molecule has 3 N–H and O–H groups in total. The summed E-state index contributed by atoms with van der Waals surface area (Å²) in [5.74, 6) is 0.386. The van der Waals surface area contributed by atoms with Crippen molar-refractivity contribution in [2.75, 3.05) is 18.9 Å². The van der Waals surface area contributed by atoms with Gasteiger partial charge in [0.05, 0.1) is 5.56 Å². The van der Waals surface area contributed by atoms with Crippen LogP contribution in [0.25, 0.3) is 0 Å². The fourth-order valence-electron chi connectivity index (χ4n) is 2.55. The molecule has 0 spiro atoms. The molecule has 150 valence electrons. The van der Waals surface area contributed by atoms with Crippen LogP contribution in [0.15, 0.2) is 53.5 Å². The number of alkyl halides is 3. The van der Waals surface area contributed by atoms with Crippen LogP contribution in [0.1, 0.15) is 23.6 Å². The van der Waals surface area contributed by atoms with Crippen LogP contribution < -0.4 is 16.0 Å². The van der Waals surface area contributed by atoms with E-state index in [1.807, 2.05) is 24.3 Å². The zero-order valence-electron chi connectivity index (χ0n) is 15.7. The van der Waals surface area contributed by atoms with Gasteiger partial charge in [-0.25, -0.2) is 0 Å². The number of nitrogens with one attached hydrogen (secondary N) is 3. The van der Waals surface area contributed by atoms with E-state index in [-0.39, 0.29) is 12.5 Å². The Labute approximate surface area is 162 Å². The lowest BCUT2D eigenvalue weighted by Crippen LogP contribution is -2.37. The summed E-state index contributed by atoms with van der Waals surface area (Å²) in [6.45, 7) is 2.28. The van der Waals surface area contributed by atoms with Gasteiger partial charge in [-0.15, -0.1) is 0 Å². The standard InChI is InChI=1S/C20H23F3N4O/c1-14(28)27-18-8-6-15(7-9-18)10-11-25-19(24-2)26-13-16-4-3-5-17(12-16)20(21,22)23/h3-9,12H,10-11,13H2,1-2H3,(H,27,28)(H2,24,25,26). The number of hydrogen-bond acceptors (Lipinski definition) is 2. The third kappa shape index (κ3) is 6.94. The lowest BCUT2D eigenvalue weighted by atomic mass is 10.1. The maximum atomic E-state index is 12.8. The van der Waals surface area contributed by atoms with Crippen molar-refractivity contribution in [3.63, 3.8) is 0 Å². The number of aliphatic imine (C=N–C) groups is 1. The normalized spacial score (nSPS) is 11.8. The molecule has 28 heavy (non-hydrogen) atoms. The van der Waals surface area contributed by atoms with Crippen LogP contribution in [0.2, 0.25) is 0 Å². The Bertz CT molecular complexity index is 817. The van der Waals surface area contributed by atoms with Gasteiger partial charge < -0.3 is 16.0 Å². The van der Waals surface area contributed by atoms with Crippen molar-refractivity contribution < 1.29 is 18.0 Å². The largest absolute Gasteiger partial charge is 0.416 e. The van der Waals surface area contributed by atoms with E-state index < -0.39 is 11.7 Å². The van der Waals surface area contributed by atoms with Gasteiger partial charge in [0.2, 0.25) is 5.91 Å². The van der Waals surface area contributed by atoms with Crippen molar-refractivity contribution in [1.82, 2.24) is 10.6 Å². The Kier molecular flexibility index (Phi) is 7.43. The second-order valence-electron chi connectivity index (χ2n) is 6.18. The van der Waals surface area contributed by atoms with Crippen LogP contribution in [0.4, 0.5) is 18.9 Å². The zero-order chi connectivity index (χ0) is 20.6. The summed E-state index contributed by atoms with van der Waals surface area (Å²) >= 11 is 0. The summed E-state index contributed by atoms with van der Waals surface area (Å²) in [6, 6.07) is 12.7. The Morgan fingerprint density at radius 3 is 2.36 bits per heavy atom. The molecular weight excluding hydrogens is 369 g/mol. The van der Waals surface area contributed by atoms with E-state index in [0.29, 0.717) is 18.1 Å². The van der Waals surface area contributed by atoms with Gasteiger partial charge in [0.1, 0.15) is 0 Å². The lowest BCUT2D eigenvalue weighted by Gasteiger charge is -2.13. The van der Waals surface area contributed by atoms with Crippen molar-refractivity contribution in [3.05, 3.63) is 65.2 Å². The molecule has 2 rings (SSSR count). The molecule has 2 aromatic rings. The van der Waals surface area contributed by atoms with Crippen LogP contribution >= 0.6 is 0 Å². The van der Waals surface area contributed by atoms with Gasteiger partial charge in [-0.1, -0.05) is 24.3 Å². The van der Waals surface area contributed by atoms with Crippen LogP contribution in [0.3, 0.4) is 0 Å². The molecule has 1 amide bonds. The number of halogens is 3. The number of carbonyl (C=O) groups is 1. The van der Waals surface area contributed by atoms with Crippen molar-refractivity contribution in [2.45, 2.75) is 26.1 Å². The molecule has 8 heteroatoms. The summed E-state index contributed by atoms with van der Waals surface area (Å²) in [4.78, 5) is 15.1. The Balaban J connectivity index is 1.81. The second kappa shape index (κ2) is 9.77. The summed E-state index contributed by atoms with van der Waals surface area (Å²) in [5.41, 5.74) is 1.67. The minimum absolute atomic E-state index is 0.120. The van der Waals surface area contributed by atoms with E-state index in [1.54, 1.807) is 13.1 Å². The molecule has 0 atom stereocenters. The molecular formula is C20H23F3N4O. The number of anilines is 1. The molecule has 0 aliphatic rings.